The monoisotopic (exact) mass is 226 g/mol. The molecular formula is C10H14N2O2S. The first-order chi connectivity index (χ1) is 7.22. The minimum Gasteiger partial charge on any atom is -0.394 e. The summed E-state index contributed by atoms with van der Waals surface area (Å²) < 4.78 is 0. The number of aryl methyl sites for hydroxylation is 1. The van der Waals surface area contributed by atoms with Crippen molar-refractivity contribution >= 4 is 17.2 Å². The van der Waals surface area contributed by atoms with Gasteiger partial charge in [0.25, 0.3) is 5.91 Å². The fourth-order valence-electron chi connectivity index (χ4n) is 1.90. The second-order valence-electron chi connectivity index (χ2n) is 3.73. The van der Waals surface area contributed by atoms with Gasteiger partial charge in [-0.2, -0.15) is 0 Å². The number of rotatable bonds is 2. The van der Waals surface area contributed by atoms with E-state index < -0.39 is 0 Å². The van der Waals surface area contributed by atoms with Crippen LogP contribution >= 0.6 is 11.3 Å². The maximum Gasteiger partial charge on any atom is 0.273 e. The highest BCUT2D eigenvalue weighted by Crippen LogP contribution is 2.20. The summed E-state index contributed by atoms with van der Waals surface area (Å²) >= 11 is 1.48. The van der Waals surface area contributed by atoms with Crippen LogP contribution in [0.3, 0.4) is 0 Å². The lowest BCUT2D eigenvalue weighted by Crippen LogP contribution is -2.37. The largest absolute Gasteiger partial charge is 0.394 e. The highest BCUT2D eigenvalue weighted by atomic mass is 32.1. The summed E-state index contributed by atoms with van der Waals surface area (Å²) in [6.07, 6.45) is 1.87. The Morgan fingerprint density at radius 3 is 3.20 bits per heavy atom. The van der Waals surface area contributed by atoms with E-state index in [0.29, 0.717) is 5.69 Å². The number of amides is 1. The molecule has 1 atom stereocenters. The van der Waals surface area contributed by atoms with Crippen molar-refractivity contribution in [2.75, 3.05) is 13.2 Å². The fourth-order valence-corrected chi connectivity index (χ4v) is 2.49. The maximum atomic E-state index is 12.0. The Hall–Kier alpha value is -0.940. The lowest BCUT2D eigenvalue weighted by atomic mass is 10.2. The van der Waals surface area contributed by atoms with Crippen molar-refractivity contribution in [1.29, 1.82) is 0 Å². The molecular weight excluding hydrogens is 212 g/mol. The number of aliphatic hydroxyl groups excluding tert-OH is 1. The lowest BCUT2D eigenvalue weighted by Gasteiger charge is -2.21. The number of hydrogen-bond donors (Lipinski definition) is 1. The number of carbonyl (C=O) groups is 1. The smallest absolute Gasteiger partial charge is 0.273 e. The molecule has 2 rings (SSSR count). The number of nitrogens with zero attached hydrogens (tertiary/aromatic N) is 2. The Morgan fingerprint density at radius 1 is 1.80 bits per heavy atom. The normalized spacial score (nSPS) is 20.9. The summed E-state index contributed by atoms with van der Waals surface area (Å²) in [4.78, 5) is 17.9. The molecule has 2 heterocycles. The molecule has 1 unspecified atom stereocenters. The van der Waals surface area contributed by atoms with E-state index in [4.69, 9.17) is 5.11 Å². The third kappa shape index (κ3) is 2.03. The fraction of sp³-hybridized carbons (Fsp3) is 0.600. The summed E-state index contributed by atoms with van der Waals surface area (Å²) in [5.41, 5.74) is 0.512. The first-order valence-corrected chi connectivity index (χ1v) is 5.94. The molecule has 1 aliphatic heterocycles. The van der Waals surface area contributed by atoms with Crippen LogP contribution < -0.4 is 0 Å². The lowest BCUT2D eigenvalue weighted by molar-refractivity contribution is 0.0672. The maximum absolute atomic E-state index is 12.0. The summed E-state index contributed by atoms with van der Waals surface area (Å²) in [5.74, 6) is -0.0455. The minimum atomic E-state index is -0.0455. The van der Waals surface area contributed by atoms with Crippen LogP contribution in [0.2, 0.25) is 0 Å². The van der Waals surface area contributed by atoms with Gasteiger partial charge < -0.3 is 10.0 Å². The molecule has 1 amide bonds. The third-order valence-corrected chi connectivity index (χ3v) is 3.46. The van der Waals surface area contributed by atoms with Crippen molar-refractivity contribution in [3.8, 4) is 0 Å². The van der Waals surface area contributed by atoms with Crippen LogP contribution in [-0.4, -0.2) is 40.1 Å². The summed E-state index contributed by atoms with van der Waals surface area (Å²) in [6, 6.07) is -0.0143. The first kappa shape index (κ1) is 10.6. The molecule has 0 aliphatic carbocycles. The van der Waals surface area contributed by atoms with Gasteiger partial charge in [-0.3, -0.25) is 4.79 Å². The number of thiazole rings is 1. The van der Waals surface area contributed by atoms with Crippen LogP contribution in [0.5, 0.6) is 0 Å². The Morgan fingerprint density at radius 2 is 2.60 bits per heavy atom. The van der Waals surface area contributed by atoms with Crippen LogP contribution in [0.1, 0.15) is 28.3 Å². The van der Waals surface area contributed by atoms with Gasteiger partial charge in [-0.15, -0.1) is 11.3 Å². The standard InChI is InChI=1S/C10H14N2O2S/c1-7-11-9(6-15-7)10(14)12-4-2-3-8(12)5-13/h6,8,13H,2-5H2,1H3. The predicted molar refractivity (Wildman–Crippen MR) is 58.0 cm³/mol. The molecule has 82 valence electrons. The van der Waals surface area contributed by atoms with E-state index in [1.54, 1.807) is 10.3 Å². The number of carbonyl (C=O) groups excluding carboxylic acids is 1. The van der Waals surface area contributed by atoms with E-state index in [1.807, 2.05) is 6.92 Å². The molecule has 1 N–H and O–H groups in total. The average molecular weight is 226 g/mol. The molecule has 1 aliphatic rings. The highest BCUT2D eigenvalue weighted by molar-refractivity contribution is 7.09. The molecule has 1 fully saturated rings. The Labute approximate surface area is 92.6 Å². The van der Waals surface area contributed by atoms with E-state index in [0.717, 1.165) is 24.4 Å². The van der Waals surface area contributed by atoms with Gasteiger partial charge >= 0.3 is 0 Å². The third-order valence-electron chi connectivity index (χ3n) is 2.69. The molecule has 1 aromatic heterocycles. The second-order valence-corrected chi connectivity index (χ2v) is 4.79. The van der Waals surface area contributed by atoms with Crippen molar-refractivity contribution < 1.29 is 9.90 Å². The van der Waals surface area contributed by atoms with Crippen molar-refractivity contribution in [2.24, 2.45) is 0 Å². The zero-order chi connectivity index (χ0) is 10.8. The molecule has 4 nitrogen and oxygen atoms in total. The topological polar surface area (TPSA) is 53.4 Å². The molecule has 1 saturated heterocycles. The van der Waals surface area contributed by atoms with Gasteiger partial charge in [0, 0.05) is 11.9 Å². The summed E-state index contributed by atoms with van der Waals surface area (Å²) in [6.45, 7) is 2.67. The zero-order valence-electron chi connectivity index (χ0n) is 8.64. The second kappa shape index (κ2) is 4.28. The SMILES string of the molecule is Cc1nc(C(=O)N2CCCC2CO)cs1. The van der Waals surface area contributed by atoms with Crippen molar-refractivity contribution in [3.05, 3.63) is 16.1 Å². The Balaban J connectivity index is 2.13. The van der Waals surface area contributed by atoms with Crippen LogP contribution in [0.4, 0.5) is 0 Å². The Kier molecular flexibility index (Phi) is 3.02. The summed E-state index contributed by atoms with van der Waals surface area (Å²) in [7, 11) is 0. The van der Waals surface area contributed by atoms with Gasteiger partial charge in [0.1, 0.15) is 5.69 Å². The van der Waals surface area contributed by atoms with Gasteiger partial charge in [0.15, 0.2) is 0 Å². The first-order valence-electron chi connectivity index (χ1n) is 5.06. The molecule has 0 saturated carbocycles. The number of hydrogen-bond acceptors (Lipinski definition) is 4. The minimum absolute atomic E-state index is 0.0143. The van der Waals surface area contributed by atoms with E-state index in [1.165, 1.54) is 11.3 Å². The van der Waals surface area contributed by atoms with E-state index >= 15 is 0 Å². The number of likely N-dealkylation sites (tertiary alicyclic amines) is 1. The summed E-state index contributed by atoms with van der Waals surface area (Å²) in [5, 5.41) is 11.8. The van der Waals surface area contributed by atoms with Gasteiger partial charge in [-0.05, 0) is 19.8 Å². The molecule has 0 radical (unpaired) electrons. The molecule has 1 aromatic rings. The van der Waals surface area contributed by atoms with Gasteiger partial charge in [0.05, 0.1) is 17.7 Å². The quantitative estimate of drug-likeness (QED) is 0.820. The molecule has 5 heteroatoms. The van der Waals surface area contributed by atoms with E-state index in [-0.39, 0.29) is 18.6 Å². The van der Waals surface area contributed by atoms with Gasteiger partial charge in [0.2, 0.25) is 0 Å². The molecule has 0 aromatic carbocycles. The van der Waals surface area contributed by atoms with Crippen LogP contribution in [0.15, 0.2) is 5.38 Å². The van der Waals surface area contributed by atoms with Gasteiger partial charge in [-0.1, -0.05) is 0 Å². The predicted octanol–water partition coefficient (Wildman–Crippen LogP) is 1.05. The van der Waals surface area contributed by atoms with Crippen LogP contribution in [0.25, 0.3) is 0 Å². The Bertz CT molecular complexity index is 364. The van der Waals surface area contributed by atoms with Crippen molar-refractivity contribution in [3.63, 3.8) is 0 Å². The molecule has 0 spiro atoms. The zero-order valence-corrected chi connectivity index (χ0v) is 9.46. The number of aliphatic hydroxyl groups is 1. The number of aromatic nitrogens is 1. The van der Waals surface area contributed by atoms with Crippen LogP contribution in [0, 0.1) is 6.92 Å². The van der Waals surface area contributed by atoms with Crippen molar-refractivity contribution in [1.82, 2.24) is 9.88 Å². The van der Waals surface area contributed by atoms with Crippen LogP contribution in [-0.2, 0) is 0 Å². The molecule has 0 bridgehead atoms. The van der Waals surface area contributed by atoms with E-state index in [9.17, 15) is 4.79 Å². The van der Waals surface area contributed by atoms with Crippen molar-refractivity contribution in [2.45, 2.75) is 25.8 Å². The van der Waals surface area contributed by atoms with Gasteiger partial charge in [-0.25, -0.2) is 4.98 Å². The molecule has 15 heavy (non-hydrogen) atoms. The highest BCUT2D eigenvalue weighted by Gasteiger charge is 2.29. The van der Waals surface area contributed by atoms with E-state index in [2.05, 4.69) is 4.98 Å². The average Bonchev–Trinajstić information content (AvgIpc) is 2.84.